The minimum Gasteiger partial charge on any atom is -0.352 e. The van der Waals surface area contributed by atoms with Gasteiger partial charge in [-0.1, -0.05) is 13.3 Å². The minimum atomic E-state index is -0.144. The second-order valence-corrected chi connectivity index (χ2v) is 3.82. The van der Waals surface area contributed by atoms with Crippen LogP contribution in [0.5, 0.6) is 0 Å². The largest absolute Gasteiger partial charge is 0.352 e. The van der Waals surface area contributed by atoms with Gasteiger partial charge in [-0.05, 0) is 26.3 Å². The fourth-order valence-corrected chi connectivity index (χ4v) is 1.45. The van der Waals surface area contributed by atoms with Gasteiger partial charge in [0.15, 0.2) is 6.23 Å². The average Bonchev–Trinajstić information content (AvgIpc) is 2.44. The Morgan fingerprint density at radius 1 is 1.57 bits per heavy atom. The quantitative estimate of drug-likeness (QED) is 0.674. The van der Waals surface area contributed by atoms with E-state index >= 15 is 0 Å². The van der Waals surface area contributed by atoms with E-state index in [9.17, 15) is 4.79 Å². The van der Waals surface area contributed by atoms with E-state index in [1.807, 2.05) is 19.9 Å². The molecule has 0 aromatic heterocycles. The number of hydrogen-bond donors (Lipinski definition) is 0. The summed E-state index contributed by atoms with van der Waals surface area (Å²) in [5, 5.41) is 0. The zero-order chi connectivity index (χ0) is 10.6. The molecule has 0 aromatic rings. The molecule has 0 spiro atoms. The summed E-state index contributed by atoms with van der Waals surface area (Å²) in [6, 6.07) is 0. The lowest BCUT2D eigenvalue weighted by Gasteiger charge is -2.26. The van der Waals surface area contributed by atoms with Crippen LogP contribution in [0.3, 0.4) is 0 Å². The van der Waals surface area contributed by atoms with Gasteiger partial charge in [0.1, 0.15) is 0 Å². The monoisotopic (exact) mass is 197 g/mol. The van der Waals surface area contributed by atoms with Gasteiger partial charge in [-0.3, -0.25) is 4.79 Å². The maximum absolute atomic E-state index is 11.4. The molecule has 0 saturated heterocycles. The molecule has 0 N–H and O–H groups in total. The summed E-state index contributed by atoms with van der Waals surface area (Å²) in [6.07, 6.45) is 5.57. The number of rotatable bonds is 5. The van der Waals surface area contributed by atoms with Crippen molar-refractivity contribution >= 4 is 5.91 Å². The lowest BCUT2D eigenvalue weighted by atomic mass is 10.3. The van der Waals surface area contributed by atoms with Gasteiger partial charge in [0.05, 0.1) is 6.10 Å². The zero-order valence-corrected chi connectivity index (χ0v) is 9.19. The standard InChI is InChI=1S/C11H19NO2/c1-4-5-8-12-10(13)6-7-11(12)14-9(2)3/h6-7,9,11H,4-5,8H2,1-3H3/t11-/m1/s1. The number of nitrogens with zero attached hydrogens (tertiary/aromatic N) is 1. The Bertz CT molecular complexity index is 223. The molecule has 1 atom stereocenters. The third kappa shape index (κ3) is 2.84. The van der Waals surface area contributed by atoms with Crippen molar-refractivity contribution in [2.24, 2.45) is 0 Å². The van der Waals surface area contributed by atoms with Crippen molar-refractivity contribution in [1.82, 2.24) is 4.90 Å². The Kier molecular flexibility index (Phi) is 4.14. The molecule has 14 heavy (non-hydrogen) atoms. The number of unbranched alkanes of at least 4 members (excludes halogenated alkanes) is 1. The van der Waals surface area contributed by atoms with Crippen LogP contribution in [0, 0.1) is 0 Å². The summed E-state index contributed by atoms with van der Waals surface area (Å²) in [7, 11) is 0. The maximum atomic E-state index is 11.4. The van der Waals surface area contributed by atoms with Crippen LogP contribution in [-0.2, 0) is 9.53 Å². The number of amides is 1. The topological polar surface area (TPSA) is 29.5 Å². The molecule has 0 radical (unpaired) electrons. The van der Waals surface area contributed by atoms with Crippen LogP contribution in [0.2, 0.25) is 0 Å². The van der Waals surface area contributed by atoms with Gasteiger partial charge in [-0.15, -0.1) is 0 Å². The van der Waals surface area contributed by atoms with Gasteiger partial charge >= 0.3 is 0 Å². The first-order valence-corrected chi connectivity index (χ1v) is 5.29. The van der Waals surface area contributed by atoms with Gasteiger partial charge < -0.3 is 9.64 Å². The molecule has 1 amide bonds. The van der Waals surface area contributed by atoms with E-state index in [0.717, 1.165) is 19.4 Å². The Morgan fingerprint density at radius 3 is 2.86 bits per heavy atom. The molecular formula is C11H19NO2. The second kappa shape index (κ2) is 5.15. The van der Waals surface area contributed by atoms with Crippen molar-refractivity contribution in [3.05, 3.63) is 12.2 Å². The molecule has 1 rings (SSSR count). The molecule has 3 nitrogen and oxygen atoms in total. The molecule has 0 fully saturated rings. The van der Waals surface area contributed by atoms with Crippen molar-refractivity contribution in [2.45, 2.75) is 45.9 Å². The van der Waals surface area contributed by atoms with E-state index in [4.69, 9.17) is 4.74 Å². The third-order valence-electron chi connectivity index (χ3n) is 2.16. The zero-order valence-electron chi connectivity index (χ0n) is 9.19. The number of ether oxygens (including phenoxy) is 1. The molecule has 0 unspecified atom stereocenters. The Morgan fingerprint density at radius 2 is 2.29 bits per heavy atom. The highest BCUT2D eigenvalue weighted by Gasteiger charge is 2.26. The fraction of sp³-hybridized carbons (Fsp3) is 0.727. The molecule has 1 heterocycles. The molecule has 0 aliphatic carbocycles. The number of carbonyl (C=O) groups is 1. The Balaban J connectivity index is 2.48. The molecule has 0 aromatic carbocycles. The van der Waals surface area contributed by atoms with Gasteiger partial charge in [-0.25, -0.2) is 0 Å². The predicted octanol–water partition coefficient (Wildman–Crippen LogP) is 1.94. The summed E-state index contributed by atoms with van der Waals surface area (Å²) < 4.78 is 5.61. The number of hydrogen-bond acceptors (Lipinski definition) is 2. The summed E-state index contributed by atoms with van der Waals surface area (Å²) >= 11 is 0. The van der Waals surface area contributed by atoms with Gasteiger partial charge in [-0.2, -0.15) is 0 Å². The minimum absolute atomic E-state index is 0.0732. The maximum Gasteiger partial charge on any atom is 0.248 e. The first-order chi connectivity index (χ1) is 6.65. The van der Waals surface area contributed by atoms with Crippen molar-refractivity contribution in [2.75, 3.05) is 6.54 Å². The second-order valence-electron chi connectivity index (χ2n) is 3.82. The summed E-state index contributed by atoms with van der Waals surface area (Å²) in [6.45, 7) is 6.87. The Labute approximate surface area is 85.7 Å². The van der Waals surface area contributed by atoms with Crippen LogP contribution in [0.25, 0.3) is 0 Å². The lowest BCUT2D eigenvalue weighted by Crippen LogP contribution is -2.37. The lowest BCUT2D eigenvalue weighted by molar-refractivity contribution is -0.136. The Hall–Kier alpha value is -0.830. The summed E-state index contributed by atoms with van der Waals surface area (Å²) in [5.74, 6) is 0.0732. The van der Waals surface area contributed by atoms with Gasteiger partial charge in [0, 0.05) is 12.6 Å². The van der Waals surface area contributed by atoms with Crippen LogP contribution < -0.4 is 0 Å². The van der Waals surface area contributed by atoms with Gasteiger partial charge in [0.2, 0.25) is 5.91 Å². The van der Waals surface area contributed by atoms with Gasteiger partial charge in [0.25, 0.3) is 0 Å². The van der Waals surface area contributed by atoms with Crippen molar-refractivity contribution < 1.29 is 9.53 Å². The van der Waals surface area contributed by atoms with Crippen LogP contribution >= 0.6 is 0 Å². The first kappa shape index (κ1) is 11.2. The summed E-state index contributed by atoms with van der Waals surface area (Å²) in [5.41, 5.74) is 0. The smallest absolute Gasteiger partial charge is 0.248 e. The molecule has 0 bridgehead atoms. The van der Waals surface area contributed by atoms with Crippen molar-refractivity contribution in [3.63, 3.8) is 0 Å². The highest BCUT2D eigenvalue weighted by atomic mass is 16.5. The van der Waals surface area contributed by atoms with Crippen LogP contribution in [0.1, 0.15) is 33.6 Å². The average molecular weight is 197 g/mol. The first-order valence-electron chi connectivity index (χ1n) is 5.29. The molecule has 1 aliphatic heterocycles. The van der Waals surface area contributed by atoms with E-state index < -0.39 is 0 Å². The van der Waals surface area contributed by atoms with E-state index in [-0.39, 0.29) is 18.2 Å². The van der Waals surface area contributed by atoms with E-state index in [2.05, 4.69) is 6.92 Å². The molecule has 1 aliphatic rings. The third-order valence-corrected chi connectivity index (χ3v) is 2.16. The molecule has 0 saturated carbocycles. The van der Waals surface area contributed by atoms with Crippen LogP contribution in [0.15, 0.2) is 12.2 Å². The van der Waals surface area contributed by atoms with E-state index in [1.165, 1.54) is 0 Å². The predicted molar refractivity (Wildman–Crippen MR) is 55.8 cm³/mol. The molecule has 80 valence electrons. The normalized spacial score (nSPS) is 21.3. The molecular weight excluding hydrogens is 178 g/mol. The van der Waals surface area contributed by atoms with Crippen molar-refractivity contribution in [3.8, 4) is 0 Å². The van der Waals surface area contributed by atoms with Crippen molar-refractivity contribution in [1.29, 1.82) is 0 Å². The highest BCUT2D eigenvalue weighted by Crippen LogP contribution is 2.15. The van der Waals surface area contributed by atoms with E-state index in [1.54, 1.807) is 11.0 Å². The van der Waals surface area contributed by atoms with Crippen LogP contribution in [0.4, 0.5) is 0 Å². The number of carbonyl (C=O) groups excluding carboxylic acids is 1. The highest BCUT2D eigenvalue weighted by molar-refractivity contribution is 5.90. The summed E-state index contributed by atoms with van der Waals surface area (Å²) in [4.78, 5) is 13.2. The fourth-order valence-electron chi connectivity index (χ4n) is 1.45. The van der Waals surface area contributed by atoms with E-state index in [0.29, 0.717) is 0 Å². The molecule has 3 heteroatoms. The van der Waals surface area contributed by atoms with Crippen LogP contribution in [-0.4, -0.2) is 29.7 Å². The SMILES string of the molecule is CCCCN1C(=O)C=C[C@H]1OC(C)C.